The molecule has 0 radical (unpaired) electrons. The Hall–Kier alpha value is -1.85. The van der Waals surface area contributed by atoms with Gasteiger partial charge in [0, 0.05) is 5.41 Å². The van der Waals surface area contributed by atoms with Gasteiger partial charge in [-0.05, 0) is 6.42 Å². The third kappa shape index (κ3) is 2.52. The molecule has 100 valence electrons. The number of methoxy groups -OCH3 is 2. The lowest BCUT2D eigenvalue weighted by molar-refractivity contribution is 0.0524. The largest absolute Gasteiger partial charge is 0.464 e. The zero-order chi connectivity index (χ0) is 13.9. The standard InChI is InChI=1S/C12H17NO5/c1-6-12(2,3)11-13-7(9(14)16-4)8(18-11)10(15)17-5/h6H2,1-5H3. The Bertz CT molecular complexity index is 428. The number of hydrogen-bond donors (Lipinski definition) is 0. The Balaban J connectivity index is 3.32. The van der Waals surface area contributed by atoms with E-state index in [-0.39, 0.29) is 16.9 Å². The Morgan fingerprint density at radius 3 is 2.22 bits per heavy atom. The van der Waals surface area contributed by atoms with Crippen LogP contribution in [0.15, 0.2) is 4.42 Å². The summed E-state index contributed by atoms with van der Waals surface area (Å²) in [6.07, 6.45) is 0.745. The fourth-order valence-corrected chi connectivity index (χ4v) is 1.23. The molecule has 0 unspecified atom stereocenters. The van der Waals surface area contributed by atoms with E-state index in [0.717, 1.165) is 6.42 Å². The highest BCUT2D eigenvalue weighted by Gasteiger charge is 2.32. The minimum absolute atomic E-state index is 0.152. The van der Waals surface area contributed by atoms with Crippen LogP contribution in [0.25, 0.3) is 0 Å². The first-order valence-corrected chi connectivity index (χ1v) is 5.55. The summed E-state index contributed by atoms with van der Waals surface area (Å²) in [6.45, 7) is 5.77. The Labute approximate surface area is 105 Å². The Morgan fingerprint density at radius 2 is 1.78 bits per heavy atom. The summed E-state index contributed by atoms with van der Waals surface area (Å²) in [4.78, 5) is 27.1. The summed E-state index contributed by atoms with van der Waals surface area (Å²) >= 11 is 0. The zero-order valence-electron chi connectivity index (χ0n) is 11.2. The van der Waals surface area contributed by atoms with Crippen LogP contribution in [0.5, 0.6) is 0 Å². The van der Waals surface area contributed by atoms with Gasteiger partial charge in [-0.25, -0.2) is 14.6 Å². The van der Waals surface area contributed by atoms with E-state index in [9.17, 15) is 9.59 Å². The summed E-state index contributed by atoms with van der Waals surface area (Å²) in [5, 5.41) is 0. The maximum Gasteiger partial charge on any atom is 0.376 e. The van der Waals surface area contributed by atoms with Crippen molar-refractivity contribution in [3.05, 3.63) is 17.3 Å². The van der Waals surface area contributed by atoms with Gasteiger partial charge in [0.1, 0.15) is 0 Å². The summed E-state index contributed by atoms with van der Waals surface area (Å²) in [5.41, 5.74) is -0.532. The van der Waals surface area contributed by atoms with Crippen molar-refractivity contribution in [3.8, 4) is 0 Å². The van der Waals surface area contributed by atoms with Crippen LogP contribution in [0.3, 0.4) is 0 Å². The first-order chi connectivity index (χ1) is 8.37. The molecule has 0 atom stereocenters. The van der Waals surface area contributed by atoms with Gasteiger partial charge in [-0.1, -0.05) is 20.8 Å². The fraction of sp³-hybridized carbons (Fsp3) is 0.583. The van der Waals surface area contributed by atoms with Crippen molar-refractivity contribution in [3.63, 3.8) is 0 Å². The smallest absolute Gasteiger partial charge is 0.376 e. The van der Waals surface area contributed by atoms with Crippen LogP contribution >= 0.6 is 0 Å². The average Bonchev–Trinajstić information content (AvgIpc) is 2.82. The minimum Gasteiger partial charge on any atom is -0.464 e. The van der Waals surface area contributed by atoms with Crippen LogP contribution in [-0.4, -0.2) is 31.1 Å². The number of aromatic nitrogens is 1. The van der Waals surface area contributed by atoms with Crippen molar-refractivity contribution in [1.29, 1.82) is 0 Å². The number of oxazole rings is 1. The van der Waals surface area contributed by atoms with E-state index in [2.05, 4.69) is 14.5 Å². The summed E-state index contributed by atoms with van der Waals surface area (Å²) in [5.74, 6) is -1.38. The SMILES string of the molecule is CCC(C)(C)c1nc(C(=O)OC)c(C(=O)OC)o1. The maximum atomic E-state index is 11.5. The quantitative estimate of drug-likeness (QED) is 0.765. The summed E-state index contributed by atoms with van der Waals surface area (Å²) < 4.78 is 14.5. The molecular formula is C12H17NO5. The van der Waals surface area contributed by atoms with Crippen LogP contribution in [-0.2, 0) is 14.9 Å². The monoisotopic (exact) mass is 255 g/mol. The van der Waals surface area contributed by atoms with Gasteiger partial charge < -0.3 is 13.9 Å². The maximum absolute atomic E-state index is 11.5. The molecule has 1 aromatic heterocycles. The molecule has 0 amide bonds. The molecule has 1 rings (SSSR count). The molecule has 0 saturated heterocycles. The lowest BCUT2D eigenvalue weighted by Gasteiger charge is -2.17. The number of hydrogen-bond acceptors (Lipinski definition) is 6. The van der Waals surface area contributed by atoms with Gasteiger partial charge in [0.2, 0.25) is 17.3 Å². The molecule has 1 aromatic rings. The molecule has 6 nitrogen and oxygen atoms in total. The highest BCUT2D eigenvalue weighted by atomic mass is 16.5. The fourth-order valence-electron chi connectivity index (χ4n) is 1.23. The third-order valence-electron chi connectivity index (χ3n) is 2.84. The van der Waals surface area contributed by atoms with Crippen molar-refractivity contribution >= 4 is 11.9 Å². The average molecular weight is 255 g/mol. The van der Waals surface area contributed by atoms with Crippen LogP contribution in [0.4, 0.5) is 0 Å². The number of nitrogens with zero attached hydrogens (tertiary/aromatic N) is 1. The minimum atomic E-state index is -0.749. The van der Waals surface area contributed by atoms with Crippen LogP contribution in [0, 0.1) is 0 Å². The molecule has 0 aliphatic carbocycles. The Morgan fingerprint density at radius 1 is 1.22 bits per heavy atom. The number of rotatable bonds is 4. The number of ether oxygens (including phenoxy) is 2. The zero-order valence-corrected chi connectivity index (χ0v) is 11.2. The van der Waals surface area contributed by atoms with Crippen LogP contribution < -0.4 is 0 Å². The summed E-state index contributed by atoms with van der Waals surface area (Å²) in [6, 6.07) is 0. The molecular weight excluding hydrogens is 238 g/mol. The van der Waals surface area contributed by atoms with E-state index in [1.54, 1.807) is 0 Å². The van der Waals surface area contributed by atoms with Gasteiger partial charge in [0.05, 0.1) is 14.2 Å². The molecule has 0 spiro atoms. The van der Waals surface area contributed by atoms with Gasteiger partial charge in [-0.3, -0.25) is 0 Å². The number of esters is 2. The second-order valence-electron chi connectivity index (χ2n) is 4.42. The van der Waals surface area contributed by atoms with Gasteiger partial charge in [0.15, 0.2) is 0 Å². The predicted octanol–water partition coefficient (Wildman–Crippen LogP) is 1.94. The molecule has 0 aliphatic rings. The second-order valence-corrected chi connectivity index (χ2v) is 4.42. The first-order valence-electron chi connectivity index (χ1n) is 5.55. The summed E-state index contributed by atoms with van der Waals surface area (Å²) in [7, 11) is 2.42. The van der Waals surface area contributed by atoms with Crippen molar-refractivity contribution in [2.24, 2.45) is 0 Å². The van der Waals surface area contributed by atoms with Crippen LogP contribution in [0.1, 0.15) is 54.1 Å². The van der Waals surface area contributed by atoms with E-state index in [1.165, 1.54) is 14.2 Å². The topological polar surface area (TPSA) is 78.6 Å². The van der Waals surface area contributed by atoms with Gasteiger partial charge in [-0.2, -0.15) is 0 Å². The van der Waals surface area contributed by atoms with Gasteiger partial charge in [-0.15, -0.1) is 0 Å². The van der Waals surface area contributed by atoms with E-state index in [1.807, 2.05) is 20.8 Å². The highest BCUT2D eigenvalue weighted by molar-refractivity contribution is 5.99. The van der Waals surface area contributed by atoms with Gasteiger partial charge in [0.25, 0.3) is 0 Å². The van der Waals surface area contributed by atoms with E-state index < -0.39 is 11.9 Å². The highest BCUT2D eigenvalue weighted by Crippen LogP contribution is 2.28. The van der Waals surface area contributed by atoms with Crippen molar-refractivity contribution in [2.45, 2.75) is 32.6 Å². The van der Waals surface area contributed by atoms with Crippen LogP contribution in [0.2, 0.25) is 0 Å². The van der Waals surface area contributed by atoms with Crippen molar-refractivity contribution in [2.75, 3.05) is 14.2 Å². The Kier molecular flexibility index (Phi) is 4.11. The third-order valence-corrected chi connectivity index (χ3v) is 2.84. The lowest BCUT2D eigenvalue weighted by Crippen LogP contribution is -2.16. The number of carbonyl (C=O) groups excluding carboxylic acids is 2. The van der Waals surface area contributed by atoms with Crippen molar-refractivity contribution in [1.82, 2.24) is 4.98 Å². The lowest BCUT2D eigenvalue weighted by atomic mass is 9.90. The molecule has 18 heavy (non-hydrogen) atoms. The molecule has 0 saturated carbocycles. The molecule has 6 heteroatoms. The molecule has 0 aliphatic heterocycles. The van der Waals surface area contributed by atoms with Gasteiger partial charge >= 0.3 is 11.9 Å². The molecule has 0 bridgehead atoms. The normalized spacial score (nSPS) is 11.2. The first kappa shape index (κ1) is 14.2. The van der Waals surface area contributed by atoms with Crippen molar-refractivity contribution < 1.29 is 23.5 Å². The number of carbonyl (C=O) groups is 2. The van der Waals surface area contributed by atoms with E-state index in [4.69, 9.17) is 4.42 Å². The molecule has 1 heterocycles. The van der Waals surface area contributed by atoms with E-state index in [0.29, 0.717) is 5.89 Å². The van der Waals surface area contributed by atoms with E-state index >= 15 is 0 Å². The molecule has 0 N–H and O–H groups in total. The molecule has 0 fully saturated rings. The predicted molar refractivity (Wildman–Crippen MR) is 62.5 cm³/mol. The second kappa shape index (κ2) is 5.20. The molecule has 0 aromatic carbocycles.